The Labute approximate surface area is 236 Å². The molecule has 0 bridgehead atoms. The molecule has 40 heavy (non-hydrogen) atoms. The molecule has 12 heteroatoms. The van der Waals surface area contributed by atoms with Crippen LogP contribution in [-0.2, 0) is 28.7 Å². The fraction of sp³-hybridized carbons (Fsp3) is 0.679. The maximum absolute atomic E-state index is 14.7. The van der Waals surface area contributed by atoms with Crippen LogP contribution in [0.1, 0.15) is 80.7 Å². The molecule has 0 saturated carbocycles. The summed E-state index contributed by atoms with van der Waals surface area (Å²) in [5.41, 5.74) is -2.26. The van der Waals surface area contributed by atoms with Crippen LogP contribution in [0.25, 0.3) is 0 Å². The van der Waals surface area contributed by atoms with Gasteiger partial charge >= 0.3 is 21.3 Å². The molecular formula is C28H43F3N2O6S. The van der Waals surface area contributed by atoms with Gasteiger partial charge in [0.1, 0.15) is 0 Å². The van der Waals surface area contributed by atoms with Crippen LogP contribution in [0.5, 0.6) is 0 Å². The summed E-state index contributed by atoms with van der Waals surface area (Å²) in [7, 11) is -5.97. The standard InChI is InChI=1S/C28H43F3N2O6S/c1-10-33(11-2)23(34)22(20-15-13-12-14-16-20)32-39-40(36,37)28(30,31)21(29)17-18-38-24(35)27(9,26(6,7)8)19-25(3,4)5/h12-16,21H,10-11,17-19H2,1-9H3. The number of amides is 1. The van der Waals surface area contributed by atoms with E-state index in [0.29, 0.717) is 6.42 Å². The number of benzene rings is 1. The van der Waals surface area contributed by atoms with Gasteiger partial charge in [0.15, 0.2) is 11.9 Å². The number of oxime groups is 1. The zero-order valence-electron chi connectivity index (χ0n) is 24.9. The van der Waals surface area contributed by atoms with Crippen molar-refractivity contribution >= 4 is 27.7 Å². The summed E-state index contributed by atoms with van der Waals surface area (Å²) < 4.78 is 78.1. The number of rotatable bonds is 13. The summed E-state index contributed by atoms with van der Waals surface area (Å²) in [6, 6.07) is 7.54. The number of carbonyl (C=O) groups is 2. The number of esters is 1. The molecule has 0 saturated heterocycles. The molecule has 1 aromatic carbocycles. The molecule has 0 radical (unpaired) electrons. The van der Waals surface area contributed by atoms with Crippen molar-refractivity contribution in [2.45, 2.75) is 86.6 Å². The third-order valence-corrected chi connectivity index (χ3v) is 8.01. The second-order valence-corrected chi connectivity index (χ2v) is 13.7. The summed E-state index contributed by atoms with van der Waals surface area (Å²) >= 11 is 0. The number of ether oxygens (including phenoxy) is 1. The zero-order chi connectivity index (χ0) is 31.2. The Kier molecular flexibility index (Phi) is 11.8. The Morgan fingerprint density at radius 3 is 1.95 bits per heavy atom. The predicted molar refractivity (Wildman–Crippen MR) is 148 cm³/mol. The molecule has 0 aliphatic carbocycles. The van der Waals surface area contributed by atoms with E-state index in [0.717, 1.165) is 0 Å². The molecule has 1 aromatic rings. The van der Waals surface area contributed by atoms with E-state index in [2.05, 4.69) is 9.44 Å². The normalized spacial score (nSPS) is 15.7. The highest BCUT2D eigenvalue weighted by Gasteiger charge is 2.56. The smallest absolute Gasteiger partial charge is 0.412 e. The maximum atomic E-state index is 14.7. The predicted octanol–water partition coefficient (Wildman–Crippen LogP) is 5.96. The monoisotopic (exact) mass is 592 g/mol. The van der Waals surface area contributed by atoms with Crippen LogP contribution in [0.3, 0.4) is 0 Å². The fourth-order valence-corrected chi connectivity index (χ4v) is 4.75. The van der Waals surface area contributed by atoms with Gasteiger partial charge in [0.25, 0.3) is 5.91 Å². The fourth-order valence-electron chi connectivity index (χ4n) is 4.05. The average molecular weight is 593 g/mol. The first-order valence-electron chi connectivity index (χ1n) is 13.2. The first-order valence-corrected chi connectivity index (χ1v) is 14.6. The largest absolute Gasteiger partial charge is 0.465 e. The van der Waals surface area contributed by atoms with Gasteiger partial charge in [-0.2, -0.15) is 17.2 Å². The lowest BCUT2D eigenvalue weighted by Crippen LogP contribution is -2.45. The van der Waals surface area contributed by atoms with Crippen molar-refractivity contribution < 1.29 is 40.2 Å². The van der Waals surface area contributed by atoms with Crippen molar-refractivity contribution in [2.75, 3.05) is 19.7 Å². The van der Waals surface area contributed by atoms with E-state index in [1.165, 1.54) is 29.2 Å². The Balaban J connectivity index is 3.10. The van der Waals surface area contributed by atoms with Gasteiger partial charge in [-0.15, -0.1) is 0 Å². The van der Waals surface area contributed by atoms with Crippen LogP contribution in [0.15, 0.2) is 35.5 Å². The number of nitrogens with zero attached hydrogens (tertiary/aromatic N) is 2. The lowest BCUT2D eigenvalue weighted by atomic mass is 9.61. The highest BCUT2D eigenvalue weighted by atomic mass is 32.2. The first kappa shape index (κ1) is 35.4. The molecule has 0 aromatic heterocycles. The molecule has 228 valence electrons. The van der Waals surface area contributed by atoms with Crippen LogP contribution < -0.4 is 0 Å². The van der Waals surface area contributed by atoms with E-state index in [1.807, 2.05) is 41.5 Å². The molecule has 0 heterocycles. The molecule has 0 spiro atoms. The number of likely N-dealkylation sites (N-methyl/N-ethyl adjacent to an activating group) is 1. The number of hydrogen-bond donors (Lipinski definition) is 0. The number of carbonyl (C=O) groups excluding carboxylic acids is 2. The Bertz CT molecular complexity index is 1140. The number of hydrogen-bond acceptors (Lipinski definition) is 7. The van der Waals surface area contributed by atoms with E-state index in [9.17, 15) is 31.2 Å². The zero-order valence-corrected chi connectivity index (χ0v) is 25.7. The minimum Gasteiger partial charge on any atom is -0.465 e. The van der Waals surface area contributed by atoms with Crippen molar-refractivity contribution in [3.05, 3.63) is 35.9 Å². The van der Waals surface area contributed by atoms with Crippen molar-refractivity contribution in [3.8, 4) is 0 Å². The van der Waals surface area contributed by atoms with Gasteiger partial charge in [-0.1, -0.05) is 77.0 Å². The van der Waals surface area contributed by atoms with E-state index in [-0.39, 0.29) is 24.1 Å². The topological polar surface area (TPSA) is 102 Å². The van der Waals surface area contributed by atoms with Crippen molar-refractivity contribution in [3.63, 3.8) is 0 Å². The quantitative estimate of drug-likeness (QED) is 0.159. The highest BCUT2D eigenvalue weighted by molar-refractivity contribution is 7.87. The van der Waals surface area contributed by atoms with Gasteiger partial charge in [-0.05, 0) is 38.0 Å². The summed E-state index contributed by atoms with van der Waals surface area (Å²) in [6.45, 7) is 16.1. The molecule has 0 N–H and O–H groups in total. The molecular weight excluding hydrogens is 549 g/mol. The minimum atomic E-state index is -5.97. The summed E-state index contributed by atoms with van der Waals surface area (Å²) in [5, 5.41) is -1.80. The van der Waals surface area contributed by atoms with Gasteiger partial charge in [-0.25, -0.2) is 4.39 Å². The molecule has 2 unspecified atom stereocenters. The minimum absolute atomic E-state index is 0.124. The Morgan fingerprint density at radius 2 is 1.50 bits per heavy atom. The highest BCUT2D eigenvalue weighted by Crippen LogP contribution is 2.47. The summed E-state index contributed by atoms with van der Waals surface area (Å²) in [6.07, 6.45) is -3.97. The van der Waals surface area contributed by atoms with Gasteiger partial charge in [0.2, 0.25) is 0 Å². The molecule has 1 amide bonds. The maximum Gasteiger partial charge on any atom is 0.412 e. The average Bonchev–Trinajstić information content (AvgIpc) is 2.83. The second-order valence-electron chi connectivity index (χ2n) is 12.1. The summed E-state index contributed by atoms with van der Waals surface area (Å²) in [5.74, 6) is -1.45. The molecule has 2 atom stereocenters. The van der Waals surface area contributed by atoms with Crippen molar-refractivity contribution in [2.24, 2.45) is 21.4 Å². The molecule has 1 rings (SSSR count). The SMILES string of the molecule is CCN(CC)C(=O)C(=NOS(=O)(=O)C(F)(F)C(F)CCOC(=O)C(C)(CC(C)(C)C)C(C)(C)C)c1ccccc1. The van der Waals surface area contributed by atoms with E-state index in [1.54, 1.807) is 26.8 Å². The van der Waals surface area contributed by atoms with Crippen LogP contribution in [0, 0.1) is 16.2 Å². The van der Waals surface area contributed by atoms with Gasteiger partial charge in [0, 0.05) is 25.1 Å². The molecule has 8 nitrogen and oxygen atoms in total. The third kappa shape index (κ3) is 8.68. The lowest BCUT2D eigenvalue weighted by Gasteiger charge is -2.43. The van der Waals surface area contributed by atoms with Crippen LogP contribution in [0.2, 0.25) is 0 Å². The number of alkyl halides is 3. The van der Waals surface area contributed by atoms with E-state index < -0.39 is 63.0 Å². The second kappa shape index (κ2) is 13.4. The van der Waals surface area contributed by atoms with E-state index >= 15 is 0 Å². The van der Waals surface area contributed by atoms with Crippen LogP contribution in [0.4, 0.5) is 13.2 Å². The Morgan fingerprint density at radius 1 is 0.975 bits per heavy atom. The van der Waals surface area contributed by atoms with Crippen molar-refractivity contribution in [1.82, 2.24) is 4.90 Å². The molecule has 0 aliphatic heterocycles. The summed E-state index contributed by atoms with van der Waals surface area (Å²) in [4.78, 5) is 27.1. The lowest BCUT2D eigenvalue weighted by molar-refractivity contribution is -0.165. The van der Waals surface area contributed by atoms with Gasteiger partial charge in [-0.3, -0.25) is 13.9 Å². The Hall–Kier alpha value is -2.63. The van der Waals surface area contributed by atoms with Gasteiger partial charge in [0.05, 0.1) is 12.0 Å². The third-order valence-electron chi connectivity index (χ3n) is 6.82. The number of halogens is 3. The first-order chi connectivity index (χ1) is 18.1. The van der Waals surface area contributed by atoms with E-state index in [4.69, 9.17) is 4.74 Å². The molecule has 0 aliphatic rings. The molecule has 0 fully saturated rings. The van der Waals surface area contributed by atoms with Gasteiger partial charge < -0.3 is 9.64 Å². The van der Waals surface area contributed by atoms with Crippen LogP contribution >= 0.6 is 0 Å². The van der Waals surface area contributed by atoms with Crippen molar-refractivity contribution in [1.29, 1.82) is 0 Å². The van der Waals surface area contributed by atoms with Crippen LogP contribution in [-0.4, -0.2) is 62.0 Å².